The first-order valence-corrected chi connectivity index (χ1v) is 6.54. The van der Waals surface area contributed by atoms with Crippen LogP contribution in [0.3, 0.4) is 0 Å². The first-order chi connectivity index (χ1) is 10.0. The summed E-state index contributed by atoms with van der Waals surface area (Å²) < 4.78 is 14.0. The summed E-state index contributed by atoms with van der Waals surface area (Å²) in [7, 11) is 1.57. The Labute approximate surface area is 122 Å². The topological polar surface area (TPSA) is 66.6 Å². The van der Waals surface area contributed by atoms with Crippen molar-refractivity contribution < 1.29 is 14.0 Å². The van der Waals surface area contributed by atoms with Gasteiger partial charge in [-0.15, -0.1) is 0 Å². The second-order valence-corrected chi connectivity index (χ2v) is 4.77. The van der Waals surface area contributed by atoms with Crippen LogP contribution >= 0.6 is 0 Å². The first kappa shape index (κ1) is 15.0. The normalized spacial score (nSPS) is 15.0. The molecule has 1 aliphatic heterocycles. The molecule has 1 aromatic carbocycles. The number of nitrogens with zero attached hydrogens (tertiary/aromatic N) is 2. The van der Waals surface area contributed by atoms with E-state index in [1.165, 1.54) is 15.9 Å². The maximum atomic E-state index is 14.0. The molecule has 0 bridgehead atoms. The van der Waals surface area contributed by atoms with E-state index < -0.39 is 17.6 Å². The molecular formula is C15H16FN3O2. The van der Waals surface area contributed by atoms with E-state index >= 15 is 0 Å². The zero-order valence-electron chi connectivity index (χ0n) is 11.7. The standard InChI is InChI=1S/C15H16FN3O2/c1-18-7-8-19(15(21)14(18)20)10-12-5-4-11(3-2-6-17)9-13(12)16/h4-5,9H,6-8,10,17H2,1H3. The molecule has 2 amide bonds. The van der Waals surface area contributed by atoms with Gasteiger partial charge in [0.1, 0.15) is 5.82 Å². The van der Waals surface area contributed by atoms with Crippen LogP contribution in [0.1, 0.15) is 11.1 Å². The summed E-state index contributed by atoms with van der Waals surface area (Å²) in [6.07, 6.45) is 0. The van der Waals surface area contributed by atoms with Crippen LogP contribution in [0, 0.1) is 17.7 Å². The van der Waals surface area contributed by atoms with Gasteiger partial charge in [0.15, 0.2) is 0 Å². The van der Waals surface area contributed by atoms with E-state index in [2.05, 4.69) is 11.8 Å². The van der Waals surface area contributed by atoms with E-state index in [0.29, 0.717) is 24.2 Å². The van der Waals surface area contributed by atoms with E-state index in [1.54, 1.807) is 19.2 Å². The number of carbonyl (C=O) groups is 2. The number of hydrogen-bond donors (Lipinski definition) is 1. The predicted molar refractivity (Wildman–Crippen MR) is 75.4 cm³/mol. The monoisotopic (exact) mass is 289 g/mol. The van der Waals surface area contributed by atoms with Gasteiger partial charge >= 0.3 is 11.8 Å². The van der Waals surface area contributed by atoms with Crippen LogP contribution in [0.5, 0.6) is 0 Å². The Morgan fingerprint density at radius 3 is 2.71 bits per heavy atom. The zero-order chi connectivity index (χ0) is 15.4. The minimum atomic E-state index is -0.602. The number of nitrogens with two attached hydrogens (primary N) is 1. The third-order valence-electron chi connectivity index (χ3n) is 3.27. The lowest BCUT2D eigenvalue weighted by Crippen LogP contribution is -2.52. The SMILES string of the molecule is CN1CCN(Cc2ccc(C#CCN)cc2F)C(=O)C1=O. The average Bonchev–Trinajstić information content (AvgIpc) is 2.47. The fraction of sp³-hybridized carbons (Fsp3) is 0.333. The largest absolute Gasteiger partial charge is 0.336 e. The molecule has 0 aliphatic carbocycles. The predicted octanol–water partition coefficient (Wildman–Crippen LogP) is -0.0635. The highest BCUT2D eigenvalue weighted by Crippen LogP contribution is 2.14. The molecule has 21 heavy (non-hydrogen) atoms. The molecule has 5 nitrogen and oxygen atoms in total. The van der Waals surface area contributed by atoms with Gasteiger partial charge in [0.05, 0.1) is 6.54 Å². The molecule has 1 aliphatic rings. The summed E-state index contributed by atoms with van der Waals surface area (Å²) in [6, 6.07) is 4.55. The Morgan fingerprint density at radius 1 is 1.29 bits per heavy atom. The molecule has 1 heterocycles. The summed E-state index contributed by atoms with van der Waals surface area (Å²) in [5.74, 6) is 3.78. The molecule has 1 fully saturated rings. The summed E-state index contributed by atoms with van der Waals surface area (Å²) >= 11 is 0. The van der Waals surface area contributed by atoms with E-state index in [0.717, 1.165) is 0 Å². The Bertz CT molecular complexity index is 634. The fourth-order valence-corrected chi connectivity index (χ4v) is 2.04. The second kappa shape index (κ2) is 6.37. The van der Waals surface area contributed by atoms with Crippen molar-refractivity contribution in [3.8, 4) is 11.8 Å². The molecule has 2 rings (SSSR count). The Balaban J connectivity index is 2.13. The number of halogens is 1. The van der Waals surface area contributed by atoms with Crippen LogP contribution in [0.2, 0.25) is 0 Å². The Kier molecular flexibility index (Phi) is 4.55. The molecule has 0 atom stereocenters. The summed E-state index contributed by atoms with van der Waals surface area (Å²) in [4.78, 5) is 26.1. The number of likely N-dealkylation sites (N-methyl/N-ethyl adjacent to an activating group) is 1. The molecular weight excluding hydrogens is 273 g/mol. The van der Waals surface area contributed by atoms with Crippen molar-refractivity contribution in [2.24, 2.45) is 5.73 Å². The van der Waals surface area contributed by atoms with Gasteiger partial charge in [0, 0.05) is 37.8 Å². The summed E-state index contributed by atoms with van der Waals surface area (Å²) in [5.41, 5.74) is 6.15. The molecule has 110 valence electrons. The summed E-state index contributed by atoms with van der Waals surface area (Å²) in [6.45, 7) is 1.14. The van der Waals surface area contributed by atoms with Crippen LogP contribution in [-0.4, -0.2) is 48.3 Å². The van der Waals surface area contributed by atoms with Crippen LogP contribution in [-0.2, 0) is 16.1 Å². The van der Waals surface area contributed by atoms with Gasteiger partial charge in [-0.2, -0.15) is 0 Å². The van der Waals surface area contributed by atoms with Crippen molar-refractivity contribution in [3.05, 3.63) is 35.1 Å². The second-order valence-electron chi connectivity index (χ2n) is 4.77. The van der Waals surface area contributed by atoms with Crippen molar-refractivity contribution in [1.82, 2.24) is 9.80 Å². The minimum Gasteiger partial charge on any atom is -0.336 e. The average molecular weight is 289 g/mol. The molecule has 1 saturated heterocycles. The fourth-order valence-electron chi connectivity index (χ4n) is 2.04. The van der Waals surface area contributed by atoms with Gasteiger partial charge in [-0.1, -0.05) is 17.9 Å². The number of hydrogen-bond acceptors (Lipinski definition) is 3. The molecule has 0 aromatic heterocycles. The number of carbonyl (C=O) groups excluding carboxylic acids is 2. The van der Waals surface area contributed by atoms with Crippen LogP contribution in [0.25, 0.3) is 0 Å². The highest BCUT2D eigenvalue weighted by atomic mass is 19.1. The number of benzene rings is 1. The van der Waals surface area contributed by atoms with Crippen molar-refractivity contribution in [3.63, 3.8) is 0 Å². The van der Waals surface area contributed by atoms with Gasteiger partial charge < -0.3 is 15.5 Å². The van der Waals surface area contributed by atoms with Crippen LogP contribution in [0.4, 0.5) is 4.39 Å². The van der Waals surface area contributed by atoms with E-state index in [-0.39, 0.29) is 13.1 Å². The lowest BCUT2D eigenvalue weighted by atomic mass is 10.1. The Morgan fingerprint density at radius 2 is 2.05 bits per heavy atom. The maximum absolute atomic E-state index is 14.0. The van der Waals surface area contributed by atoms with Gasteiger partial charge in [-0.3, -0.25) is 9.59 Å². The van der Waals surface area contributed by atoms with Gasteiger partial charge in [0.2, 0.25) is 0 Å². The van der Waals surface area contributed by atoms with Crippen molar-refractivity contribution in [2.45, 2.75) is 6.54 Å². The minimum absolute atomic E-state index is 0.0782. The van der Waals surface area contributed by atoms with Gasteiger partial charge in [0.25, 0.3) is 0 Å². The quantitative estimate of drug-likeness (QED) is 0.612. The molecule has 6 heteroatoms. The Hall–Kier alpha value is -2.39. The van der Waals surface area contributed by atoms with Crippen molar-refractivity contribution in [1.29, 1.82) is 0 Å². The lowest BCUT2D eigenvalue weighted by molar-refractivity contribution is -0.155. The molecule has 0 spiro atoms. The van der Waals surface area contributed by atoms with E-state index in [4.69, 9.17) is 5.73 Å². The van der Waals surface area contributed by atoms with Crippen molar-refractivity contribution >= 4 is 11.8 Å². The third-order valence-corrected chi connectivity index (χ3v) is 3.27. The van der Waals surface area contributed by atoms with Gasteiger partial charge in [-0.25, -0.2) is 4.39 Å². The number of rotatable bonds is 2. The summed E-state index contributed by atoms with van der Waals surface area (Å²) in [5, 5.41) is 0. The lowest BCUT2D eigenvalue weighted by Gasteiger charge is -2.31. The maximum Gasteiger partial charge on any atom is 0.312 e. The van der Waals surface area contributed by atoms with Crippen molar-refractivity contribution in [2.75, 3.05) is 26.7 Å². The molecule has 0 saturated carbocycles. The van der Waals surface area contributed by atoms with Gasteiger partial charge in [-0.05, 0) is 12.1 Å². The molecule has 0 unspecified atom stereocenters. The number of piperazine rings is 1. The third kappa shape index (κ3) is 3.38. The number of amides is 2. The van der Waals surface area contributed by atoms with E-state index in [1.807, 2.05) is 0 Å². The first-order valence-electron chi connectivity index (χ1n) is 6.54. The smallest absolute Gasteiger partial charge is 0.312 e. The highest BCUT2D eigenvalue weighted by molar-refractivity contribution is 6.35. The van der Waals surface area contributed by atoms with E-state index in [9.17, 15) is 14.0 Å². The highest BCUT2D eigenvalue weighted by Gasteiger charge is 2.30. The van der Waals surface area contributed by atoms with Crippen LogP contribution in [0.15, 0.2) is 18.2 Å². The molecule has 0 radical (unpaired) electrons. The zero-order valence-corrected chi connectivity index (χ0v) is 11.7. The molecule has 1 aromatic rings. The van der Waals surface area contributed by atoms with Crippen LogP contribution < -0.4 is 5.73 Å². The molecule has 2 N–H and O–H groups in total.